The number of ether oxygens (including phenoxy) is 2. The number of nitro groups is 1. The molecule has 9 heteroatoms. The van der Waals surface area contributed by atoms with E-state index in [9.17, 15) is 14.9 Å². The molecule has 0 spiro atoms. The summed E-state index contributed by atoms with van der Waals surface area (Å²) < 4.78 is 16.0. The molecule has 2 aromatic carbocycles. The molecule has 9 nitrogen and oxygen atoms in total. The first-order valence-corrected chi connectivity index (χ1v) is 8.87. The van der Waals surface area contributed by atoms with Crippen LogP contribution in [0.15, 0.2) is 52.9 Å². The highest BCUT2D eigenvalue weighted by Crippen LogP contribution is 2.24. The molecule has 0 amide bonds. The molecule has 3 aromatic rings. The van der Waals surface area contributed by atoms with Crippen LogP contribution in [0.2, 0.25) is 0 Å². The van der Waals surface area contributed by atoms with E-state index in [0.29, 0.717) is 12.0 Å². The maximum absolute atomic E-state index is 12.1. The maximum Gasteiger partial charge on any atom is 0.306 e. The van der Waals surface area contributed by atoms with Crippen molar-refractivity contribution in [2.75, 3.05) is 7.11 Å². The summed E-state index contributed by atoms with van der Waals surface area (Å²) in [5, 5.41) is 18.5. The first-order valence-electron chi connectivity index (χ1n) is 8.87. The van der Waals surface area contributed by atoms with Gasteiger partial charge < -0.3 is 13.9 Å². The minimum Gasteiger partial charge on any atom is -0.497 e. The second-order valence-electron chi connectivity index (χ2n) is 6.23. The normalized spacial score (nSPS) is 11.7. The van der Waals surface area contributed by atoms with Crippen LogP contribution in [-0.4, -0.2) is 28.2 Å². The zero-order chi connectivity index (χ0) is 20.8. The van der Waals surface area contributed by atoms with Crippen LogP contribution in [0.3, 0.4) is 0 Å². The zero-order valence-corrected chi connectivity index (χ0v) is 15.9. The van der Waals surface area contributed by atoms with Gasteiger partial charge in [0.15, 0.2) is 6.10 Å². The summed E-state index contributed by atoms with van der Waals surface area (Å²) in [6.07, 6.45) is 0.0330. The number of hydrogen-bond donors (Lipinski definition) is 0. The molecule has 0 aliphatic carbocycles. The van der Waals surface area contributed by atoms with Gasteiger partial charge in [0.05, 0.1) is 12.0 Å². The fourth-order valence-electron chi connectivity index (χ4n) is 2.59. The molecule has 1 aromatic heterocycles. The molecule has 0 aliphatic rings. The van der Waals surface area contributed by atoms with Crippen molar-refractivity contribution in [2.45, 2.75) is 25.9 Å². The first kappa shape index (κ1) is 20.0. The van der Waals surface area contributed by atoms with E-state index in [1.54, 1.807) is 14.0 Å². The fourth-order valence-corrected chi connectivity index (χ4v) is 2.59. The van der Waals surface area contributed by atoms with Gasteiger partial charge in [-0.05, 0) is 43.2 Å². The Morgan fingerprint density at radius 3 is 2.45 bits per heavy atom. The van der Waals surface area contributed by atoms with Crippen molar-refractivity contribution in [1.82, 2.24) is 10.2 Å². The molecule has 1 unspecified atom stereocenters. The second kappa shape index (κ2) is 8.96. The van der Waals surface area contributed by atoms with Gasteiger partial charge in [0.2, 0.25) is 5.89 Å². The molecule has 1 atom stereocenters. The highest BCUT2D eigenvalue weighted by molar-refractivity contribution is 5.70. The summed E-state index contributed by atoms with van der Waals surface area (Å²) in [5.41, 5.74) is 1.49. The van der Waals surface area contributed by atoms with Gasteiger partial charge in [-0.1, -0.05) is 12.1 Å². The third-order valence-corrected chi connectivity index (χ3v) is 4.20. The number of carbonyl (C=O) groups excluding carboxylic acids is 1. The number of benzene rings is 2. The van der Waals surface area contributed by atoms with E-state index in [-0.39, 0.29) is 29.9 Å². The maximum atomic E-state index is 12.1. The molecule has 0 bridgehead atoms. The van der Waals surface area contributed by atoms with Gasteiger partial charge in [-0.25, -0.2) is 0 Å². The number of rotatable bonds is 8. The van der Waals surface area contributed by atoms with Crippen molar-refractivity contribution < 1.29 is 23.6 Å². The van der Waals surface area contributed by atoms with E-state index in [0.717, 1.165) is 11.3 Å². The lowest BCUT2D eigenvalue weighted by Gasteiger charge is -2.09. The van der Waals surface area contributed by atoms with Crippen LogP contribution in [0.25, 0.3) is 11.5 Å². The summed E-state index contributed by atoms with van der Waals surface area (Å²) in [7, 11) is 1.60. The van der Waals surface area contributed by atoms with Gasteiger partial charge in [-0.2, -0.15) is 0 Å². The van der Waals surface area contributed by atoms with Crippen LogP contribution in [0, 0.1) is 10.1 Å². The third kappa shape index (κ3) is 5.16. The summed E-state index contributed by atoms with van der Waals surface area (Å²) in [6, 6.07) is 13.2. The van der Waals surface area contributed by atoms with E-state index >= 15 is 0 Å². The molecule has 0 saturated carbocycles. The average Bonchev–Trinajstić information content (AvgIpc) is 3.23. The van der Waals surface area contributed by atoms with Gasteiger partial charge in [0, 0.05) is 24.1 Å². The Morgan fingerprint density at radius 1 is 1.14 bits per heavy atom. The zero-order valence-electron chi connectivity index (χ0n) is 15.9. The summed E-state index contributed by atoms with van der Waals surface area (Å²) >= 11 is 0. The van der Waals surface area contributed by atoms with E-state index in [1.807, 2.05) is 24.3 Å². The number of nitrogens with zero attached hydrogens (tertiary/aromatic N) is 3. The van der Waals surface area contributed by atoms with Crippen LogP contribution >= 0.6 is 0 Å². The van der Waals surface area contributed by atoms with Crippen LogP contribution in [0.1, 0.15) is 30.9 Å². The Hall–Kier alpha value is -3.75. The summed E-state index contributed by atoms with van der Waals surface area (Å²) in [6.45, 7) is 1.64. The number of methoxy groups -OCH3 is 1. The van der Waals surface area contributed by atoms with E-state index in [4.69, 9.17) is 13.9 Å². The Morgan fingerprint density at radius 2 is 1.83 bits per heavy atom. The lowest BCUT2D eigenvalue weighted by atomic mass is 10.1. The number of nitro benzene ring substituents is 1. The molecule has 0 saturated heterocycles. The number of aromatic nitrogens is 2. The predicted octanol–water partition coefficient (Wildman–Crippen LogP) is 3.89. The number of non-ortho nitro benzene ring substituents is 1. The topological polar surface area (TPSA) is 118 Å². The Kier molecular flexibility index (Phi) is 6.18. The molecular formula is C20H19N3O6. The second-order valence-corrected chi connectivity index (χ2v) is 6.23. The molecule has 0 fully saturated rings. The third-order valence-electron chi connectivity index (χ3n) is 4.20. The standard InChI is InChI=1S/C20H19N3O6/c1-13(28-18(24)12-5-14-3-10-17(27-2)11-4-14)19-21-22-20(29-19)15-6-8-16(9-7-15)23(25)26/h3-4,6-11,13H,5,12H2,1-2H3. The molecule has 0 radical (unpaired) electrons. The SMILES string of the molecule is COc1ccc(CCC(=O)OC(C)c2nnc(-c3ccc([N+](=O)[O-])cc3)o2)cc1. The molecule has 3 rings (SSSR count). The van der Waals surface area contributed by atoms with Gasteiger partial charge in [0.1, 0.15) is 5.75 Å². The number of hydrogen-bond acceptors (Lipinski definition) is 8. The van der Waals surface area contributed by atoms with Crippen molar-refractivity contribution in [3.05, 3.63) is 70.1 Å². The van der Waals surface area contributed by atoms with Crippen molar-refractivity contribution in [1.29, 1.82) is 0 Å². The van der Waals surface area contributed by atoms with E-state index in [1.165, 1.54) is 24.3 Å². The number of aryl methyl sites for hydroxylation is 1. The van der Waals surface area contributed by atoms with Crippen LogP contribution in [0.4, 0.5) is 5.69 Å². The molecule has 0 N–H and O–H groups in total. The molecule has 150 valence electrons. The largest absolute Gasteiger partial charge is 0.497 e. The summed E-state index contributed by atoms with van der Waals surface area (Å²) in [4.78, 5) is 22.3. The van der Waals surface area contributed by atoms with Crippen molar-refractivity contribution >= 4 is 11.7 Å². The monoisotopic (exact) mass is 397 g/mol. The predicted molar refractivity (Wildman–Crippen MR) is 102 cm³/mol. The van der Waals surface area contributed by atoms with Crippen molar-refractivity contribution in [2.24, 2.45) is 0 Å². The highest BCUT2D eigenvalue weighted by Gasteiger charge is 2.19. The molecular weight excluding hydrogens is 378 g/mol. The van der Waals surface area contributed by atoms with Crippen LogP contribution in [0.5, 0.6) is 5.75 Å². The Balaban J connectivity index is 1.55. The molecule has 1 heterocycles. The lowest BCUT2D eigenvalue weighted by molar-refractivity contribution is -0.384. The van der Waals surface area contributed by atoms with Gasteiger partial charge in [-0.3, -0.25) is 14.9 Å². The minimum absolute atomic E-state index is 0.0346. The van der Waals surface area contributed by atoms with Crippen LogP contribution < -0.4 is 4.74 Å². The van der Waals surface area contributed by atoms with Crippen LogP contribution in [-0.2, 0) is 16.0 Å². The first-order chi connectivity index (χ1) is 14.0. The quantitative estimate of drug-likeness (QED) is 0.319. The Labute approximate surface area is 166 Å². The fraction of sp³-hybridized carbons (Fsp3) is 0.250. The van der Waals surface area contributed by atoms with Crippen molar-refractivity contribution in [3.8, 4) is 17.2 Å². The van der Waals surface area contributed by atoms with Gasteiger partial charge in [0.25, 0.3) is 11.6 Å². The average molecular weight is 397 g/mol. The molecule has 0 aliphatic heterocycles. The number of carbonyl (C=O) groups is 1. The van der Waals surface area contributed by atoms with Gasteiger partial charge in [-0.15, -0.1) is 10.2 Å². The lowest BCUT2D eigenvalue weighted by Crippen LogP contribution is -2.10. The van der Waals surface area contributed by atoms with E-state index in [2.05, 4.69) is 10.2 Å². The summed E-state index contributed by atoms with van der Waals surface area (Å²) in [5.74, 6) is 0.709. The Bertz CT molecular complexity index is 982. The molecule has 29 heavy (non-hydrogen) atoms. The smallest absolute Gasteiger partial charge is 0.306 e. The van der Waals surface area contributed by atoms with E-state index < -0.39 is 11.0 Å². The minimum atomic E-state index is -0.710. The number of esters is 1. The highest BCUT2D eigenvalue weighted by atomic mass is 16.6. The van der Waals surface area contributed by atoms with Gasteiger partial charge >= 0.3 is 5.97 Å². The van der Waals surface area contributed by atoms with Crippen molar-refractivity contribution in [3.63, 3.8) is 0 Å².